The predicted octanol–water partition coefficient (Wildman–Crippen LogP) is 15.8. The van der Waals surface area contributed by atoms with E-state index in [1.165, 1.54) is 77.1 Å². The lowest BCUT2D eigenvalue weighted by atomic mass is 9.78. The number of nitrogens with zero attached hydrogens (tertiary/aromatic N) is 4. The number of fused-ring (bicyclic) bond motifs is 6. The Morgan fingerprint density at radius 2 is 1.36 bits per heavy atom. The Kier molecular flexibility index (Phi) is 15.1. The lowest BCUT2D eigenvalue weighted by Crippen LogP contribution is -2.63. The number of benzene rings is 5. The van der Waals surface area contributed by atoms with Gasteiger partial charge in [0.1, 0.15) is 7.05 Å². The van der Waals surface area contributed by atoms with Gasteiger partial charge in [-0.2, -0.15) is 44.1 Å². The molecule has 7 nitrogen and oxygen atoms in total. The number of likely N-dealkylation sites (N-methyl/N-ethyl adjacent to an activating group) is 1. The van der Waals surface area contributed by atoms with Crippen LogP contribution in [0.5, 0.6) is 0 Å². The van der Waals surface area contributed by atoms with Gasteiger partial charge in [0, 0.05) is 52.2 Å². The van der Waals surface area contributed by atoms with Crippen LogP contribution in [-0.4, -0.2) is 70.8 Å². The Hall–Kier alpha value is -5.67. The highest BCUT2D eigenvalue weighted by Gasteiger charge is 2.83. The van der Waals surface area contributed by atoms with E-state index in [9.17, 15) is 52.5 Å². The van der Waals surface area contributed by atoms with E-state index in [-0.39, 0.29) is 10.8 Å². The molecule has 6 aromatic rings. The van der Waals surface area contributed by atoms with Gasteiger partial charge in [0.25, 0.3) is 0 Å². The fourth-order valence-electron chi connectivity index (χ4n) is 9.89. The third-order valence-corrected chi connectivity index (χ3v) is 18.0. The molecule has 394 valence electrons. The number of halogens is 9. The van der Waals surface area contributed by atoms with Crippen LogP contribution in [0, 0.1) is 0 Å². The van der Waals surface area contributed by atoms with Gasteiger partial charge in [0.05, 0.1) is 5.41 Å². The maximum absolute atomic E-state index is 12.2. The predicted molar refractivity (Wildman–Crippen MR) is 282 cm³/mol. The molecule has 0 saturated heterocycles. The largest absolute Gasteiger partial charge is 0.743 e. The first-order valence-electron chi connectivity index (χ1n) is 23.3. The van der Waals surface area contributed by atoms with Crippen LogP contribution in [0.3, 0.4) is 0 Å². The van der Waals surface area contributed by atoms with Crippen LogP contribution in [-0.2, 0) is 26.7 Å². The average molecular weight is 1110 g/mol. The van der Waals surface area contributed by atoms with Crippen molar-refractivity contribution in [1.29, 1.82) is 0 Å². The Labute approximate surface area is 441 Å². The molecule has 2 aliphatic heterocycles. The van der Waals surface area contributed by atoms with Crippen LogP contribution < -0.4 is 4.90 Å². The molecule has 0 radical (unpaired) electrons. The summed E-state index contributed by atoms with van der Waals surface area (Å²) >= 11 is 5.23. The molecular formula is C55H49F9N4O3S4. The zero-order valence-electron chi connectivity index (χ0n) is 41.2. The fourth-order valence-corrected chi connectivity index (χ4v) is 13.6. The second-order valence-electron chi connectivity index (χ2n) is 19.2. The second kappa shape index (κ2) is 20.4. The molecule has 0 amide bonds. The smallest absolute Gasteiger partial charge is 0.460 e. The number of anilines is 1. The van der Waals surface area contributed by atoms with Crippen molar-refractivity contribution < 1.29 is 57.1 Å². The van der Waals surface area contributed by atoms with Crippen LogP contribution in [0.25, 0.3) is 27.6 Å². The molecule has 20 heteroatoms. The van der Waals surface area contributed by atoms with E-state index in [0.29, 0.717) is 0 Å². The van der Waals surface area contributed by atoms with Crippen LogP contribution in [0.15, 0.2) is 158 Å². The summed E-state index contributed by atoms with van der Waals surface area (Å²) in [5.74, 6) is -14.0. The number of hydrogen-bond donors (Lipinski definition) is 0. The first-order valence-corrected chi connectivity index (χ1v) is 27.3. The zero-order valence-corrected chi connectivity index (χ0v) is 44.5. The topological polar surface area (TPSA) is 89.2 Å². The summed E-state index contributed by atoms with van der Waals surface area (Å²) in [6.07, 6.45) is 7.44. The van der Waals surface area contributed by atoms with Gasteiger partial charge in [-0.1, -0.05) is 152 Å². The average Bonchev–Trinajstić information content (AvgIpc) is 3.96. The summed E-state index contributed by atoms with van der Waals surface area (Å²) in [5.41, 5.74) is 12.8. The number of alkyl halides is 9. The van der Waals surface area contributed by atoms with Crippen molar-refractivity contribution in [3.8, 4) is 0 Å². The van der Waals surface area contributed by atoms with Crippen LogP contribution in [0.2, 0.25) is 0 Å². The highest BCUT2D eigenvalue weighted by molar-refractivity contribution is 8.05. The summed E-state index contributed by atoms with van der Waals surface area (Å²) in [5, 5.41) is 7.54. The number of hydrogen-bond acceptors (Lipinski definition) is 9. The van der Waals surface area contributed by atoms with Crippen LogP contribution in [0.1, 0.15) is 69.2 Å². The summed E-state index contributed by atoms with van der Waals surface area (Å²) in [7, 11) is -2.97. The minimum Gasteiger partial charge on any atom is -0.743 e. The van der Waals surface area contributed by atoms with Crippen LogP contribution >= 0.6 is 34.9 Å². The van der Waals surface area contributed by atoms with E-state index in [1.54, 1.807) is 34.9 Å². The van der Waals surface area contributed by atoms with E-state index in [4.69, 9.17) is 5.10 Å². The SMILES string of the molecule is C=Cc1ccc(CSc2nnc(SC3=C(/C=C/C4=[N+](C)c5ccc6ccccc6c5C4(C)C)CCC/C3=C\C=C3\N(C)c4ccc5ccccc5c4C3(C)C)s2)cc1.O=S(=O)([O-])C(F)(F)C(F)(F)C(F)(F)C(F)(F)F. The van der Waals surface area contributed by atoms with Gasteiger partial charge >= 0.3 is 23.3 Å². The molecule has 0 spiro atoms. The minimum absolute atomic E-state index is 0.151. The van der Waals surface area contributed by atoms with Crippen molar-refractivity contribution in [2.24, 2.45) is 0 Å². The minimum atomic E-state index is -7.43. The molecule has 3 heterocycles. The molecule has 1 aromatic heterocycles. The molecule has 75 heavy (non-hydrogen) atoms. The van der Waals surface area contributed by atoms with Gasteiger partial charge in [-0.25, -0.2) is 8.42 Å². The monoisotopic (exact) mass is 1110 g/mol. The molecule has 0 unspecified atom stereocenters. The van der Waals surface area contributed by atoms with E-state index < -0.39 is 33.4 Å². The van der Waals surface area contributed by atoms with Crippen molar-refractivity contribution in [2.75, 3.05) is 19.0 Å². The Morgan fingerprint density at radius 1 is 0.760 bits per heavy atom. The molecule has 0 fully saturated rings. The third-order valence-electron chi connectivity index (χ3n) is 13.7. The fraction of sp³-hybridized carbons (Fsp3) is 0.291. The maximum Gasteiger partial charge on any atom is 0.460 e. The lowest BCUT2D eigenvalue weighted by molar-refractivity contribution is -0.401. The summed E-state index contributed by atoms with van der Waals surface area (Å²) < 4.78 is 140. The molecule has 0 bridgehead atoms. The molecule has 0 N–H and O–H groups in total. The van der Waals surface area contributed by atoms with Crippen LogP contribution in [0.4, 0.5) is 50.9 Å². The summed E-state index contributed by atoms with van der Waals surface area (Å²) in [6.45, 7) is 13.4. The third kappa shape index (κ3) is 10.1. The molecule has 3 aliphatic rings. The summed E-state index contributed by atoms with van der Waals surface area (Å²) in [6, 6.07) is 35.3. The highest BCUT2D eigenvalue weighted by Crippen LogP contribution is 2.55. The Morgan fingerprint density at radius 3 is 1.97 bits per heavy atom. The Bertz CT molecular complexity index is 3510. The van der Waals surface area contributed by atoms with Crippen molar-refractivity contribution in [2.45, 2.75) is 95.5 Å². The van der Waals surface area contributed by atoms with Gasteiger partial charge < -0.3 is 9.45 Å². The molecule has 9 rings (SSSR count). The van der Waals surface area contributed by atoms with Crippen molar-refractivity contribution in [1.82, 2.24) is 10.2 Å². The molecular weight excluding hydrogens is 1060 g/mol. The number of thioether (sulfide) groups is 2. The maximum atomic E-state index is 12.2. The summed E-state index contributed by atoms with van der Waals surface area (Å²) in [4.78, 5) is 3.70. The normalized spacial score (nSPS) is 18.1. The molecule has 5 aromatic carbocycles. The Balaban J connectivity index is 0.000000379. The van der Waals surface area contributed by atoms with Crippen molar-refractivity contribution in [3.63, 3.8) is 0 Å². The van der Waals surface area contributed by atoms with Gasteiger partial charge in [-0.3, -0.25) is 0 Å². The van der Waals surface area contributed by atoms with Crippen molar-refractivity contribution in [3.05, 3.63) is 172 Å². The number of rotatable bonds is 12. The van der Waals surface area contributed by atoms with Gasteiger partial charge in [0.15, 0.2) is 24.5 Å². The van der Waals surface area contributed by atoms with Gasteiger partial charge in [-0.05, 0) is 101 Å². The first kappa shape index (κ1) is 55.6. The second-order valence-corrected chi connectivity index (χ2v) is 24.1. The number of aromatic nitrogens is 2. The number of allylic oxidation sites excluding steroid dienone is 7. The standard InChI is InChI=1S/C51H49N4S3.C4HF9O3S/c1-8-33-20-22-34(23-21-33)32-56-48-52-53-49(58-48)57-47-37(26-30-43-50(2,3)45-39-18-11-9-14-35(39)24-28-41(45)54(43)6)16-13-17-38(47)27-31-44-51(4,5)46-40-19-12-10-15-36(40)25-29-42(46)55(44)7;5-1(6,3(9,10)11)2(7,8)4(12,13)17(14,15)16/h8-12,14-15,18-31H,1,13,16-17,32H2,2-7H3;(H,14,15,16)/q+1;/p-1. The van der Waals surface area contributed by atoms with Crippen molar-refractivity contribution >= 4 is 89.7 Å². The molecule has 0 atom stereocenters. The van der Waals surface area contributed by atoms with Gasteiger partial charge in [0.2, 0.25) is 5.69 Å². The molecule has 1 aliphatic carbocycles. The molecule has 0 saturated carbocycles. The highest BCUT2D eigenvalue weighted by atomic mass is 32.2. The first-order chi connectivity index (χ1) is 35.0. The van der Waals surface area contributed by atoms with E-state index >= 15 is 0 Å². The van der Waals surface area contributed by atoms with E-state index in [2.05, 4.69) is 184 Å². The van der Waals surface area contributed by atoms with E-state index in [1.807, 2.05) is 6.08 Å². The lowest BCUT2D eigenvalue weighted by Gasteiger charge is -2.34. The zero-order chi connectivity index (χ0) is 54.7. The van der Waals surface area contributed by atoms with Gasteiger partial charge in [-0.15, -0.1) is 10.2 Å². The van der Waals surface area contributed by atoms with E-state index in [0.717, 1.165) is 39.3 Å². The quantitative estimate of drug-likeness (QED) is 0.0518.